The van der Waals surface area contributed by atoms with E-state index in [0.29, 0.717) is 6.61 Å². The van der Waals surface area contributed by atoms with Crippen molar-refractivity contribution < 1.29 is 9.47 Å². The van der Waals surface area contributed by atoms with Gasteiger partial charge >= 0.3 is 0 Å². The van der Waals surface area contributed by atoms with Crippen molar-refractivity contribution in [2.24, 2.45) is 0 Å². The zero-order valence-electron chi connectivity index (χ0n) is 7.38. The van der Waals surface area contributed by atoms with Gasteiger partial charge in [-0.15, -0.1) is 0 Å². The lowest BCUT2D eigenvalue weighted by molar-refractivity contribution is -0.155. The van der Waals surface area contributed by atoms with E-state index in [1.54, 1.807) is 0 Å². The van der Waals surface area contributed by atoms with Crippen LogP contribution in [0.5, 0.6) is 0 Å². The Bertz CT molecular complexity index is 147. The average Bonchev–Trinajstić information content (AvgIpc) is 2.05. The Kier molecular flexibility index (Phi) is 4.88. The quantitative estimate of drug-likeness (QED) is 0.748. The molecule has 0 spiro atoms. The summed E-state index contributed by atoms with van der Waals surface area (Å²) in [4.78, 5) is 0. The van der Waals surface area contributed by atoms with Crippen LogP contribution in [0.3, 0.4) is 0 Å². The van der Waals surface area contributed by atoms with Crippen molar-refractivity contribution >= 4 is 15.9 Å². The van der Waals surface area contributed by atoms with Gasteiger partial charge in [-0.05, 0) is 36.7 Å². The molecular formula is C9H15BrO2. The van der Waals surface area contributed by atoms with Gasteiger partial charge in [0.15, 0.2) is 6.29 Å². The van der Waals surface area contributed by atoms with Gasteiger partial charge in [0.25, 0.3) is 0 Å². The van der Waals surface area contributed by atoms with E-state index in [1.165, 1.54) is 12.8 Å². The molecule has 0 aromatic heterocycles. The molecule has 1 aliphatic heterocycles. The molecule has 0 aromatic carbocycles. The molecule has 0 saturated carbocycles. The molecule has 1 saturated heterocycles. The van der Waals surface area contributed by atoms with Crippen LogP contribution in [-0.2, 0) is 9.47 Å². The third kappa shape index (κ3) is 4.24. The molecule has 1 fully saturated rings. The van der Waals surface area contributed by atoms with E-state index in [2.05, 4.69) is 15.9 Å². The van der Waals surface area contributed by atoms with E-state index in [4.69, 9.17) is 9.47 Å². The summed E-state index contributed by atoms with van der Waals surface area (Å²) in [5.41, 5.74) is 0. The number of rotatable bonds is 3. The smallest absolute Gasteiger partial charge is 0.157 e. The van der Waals surface area contributed by atoms with Crippen LogP contribution in [0.2, 0.25) is 0 Å². The second kappa shape index (κ2) is 5.73. The summed E-state index contributed by atoms with van der Waals surface area (Å²) in [5, 5.41) is 0. The highest BCUT2D eigenvalue weighted by Crippen LogP contribution is 2.13. The number of allylic oxidation sites excluding steroid dienone is 1. The highest BCUT2D eigenvalue weighted by molar-refractivity contribution is 9.11. The molecular weight excluding hydrogens is 220 g/mol. The summed E-state index contributed by atoms with van der Waals surface area (Å²) in [6.45, 7) is 3.48. The Morgan fingerprint density at radius 2 is 2.50 bits per heavy atom. The van der Waals surface area contributed by atoms with Crippen molar-refractivity contribution in [3.05, 3.63) is 10.6 Å². The topological polar surface area (TPSA) is 18.5 Å². The zero-order valence-corrected chi connectivity index (χ0v) is 8.97. The second-order valence-corrected chi connectivity index (χ2v) is 4.17. The van der Waals surface area contributed by atoms with E-state index < -0.39 is 0 Å². The van der Waals surface area contributed by atoms with Gasteiger partial charge in [0, 0.05) is 6.61 Å². The van der Waals surface area contributed by atoms with Crippen LogP contribution in [0.1, 0.15) is 26.2 Å². The monoisotopic (exact) mass is 234 g/mol. The predicted octanol–water partition coefficient (Wildman–Crippen LogP) is 2.83. The molecule has 1 unspecified atom stereocenters. The van der Waals surface area contributed by atoms with Crippen LogP contribution in [0.25, 0.3) is 0 Å². The zero-order chi connectivity index (χ0) is 8.81. The average molecular weight is 235 g/mol. The van der Waals surface area contributed by atoms with Crippen LogP contribution in [-0.4, -0.2) is 19.5 Å². The molecule has 3 heteroatoms. The first-order chi connectivity index (χ1) is 5.79. The van der Waals surface area contributed by atoms with Crippen LogP contribution >= 0.6 is 15.9 Å². The molecule has 1 rings (SSSR count). The number of ether oxygens (including phenoxy) is 2. The molecule has 0 aliphatic carbocycles. The SMILES string of the molecule is C/C(Br)=C/COC1CCCCO1. The minimum Gasteiger partial charge on any atom is -0.353 e. The minimum absolute atomic E-state index is 0.0295. The highest BCUT2D eigenvalue weighted by atomic mass is 79.9. The van der Waals surface area contributed by atoms with E-state index in [9.17, 15) is 0 Å². The molecule has 2 nitrogen and oxygen atoms in total. The van der Waals surface area contributed by atoms with Crippen LogP contribution in [0, 0.1) is 0 Å². The van der Waals surface area contributed by atoms with E-state index >= 15 is 0 Å². The van der Waals surface area contributed by atoms with Crippen molar-refractivity contribution in [1.82, 2.24) is 0 Å². The molecule has 1 atom stereocenters. The van der Waals surface area contributed by atoms with Gasteiger partial charge < -0.3 is 9.47 Å². The largest absolute Gasteiger partial charge is 0.353 e. The van der Waals surface area contributed by atoms with Gasteiger partial charge in [0.05, 0.1) is 6.61 Å². The predicted molar refractivity (Wildman–Crippen MR) is 52.2 cm³/mol. The van der Waals surface area contributed by atoms with Crippen LogP contribution in [0.4, 0.5) is 0 Å². The molecule has 0 aromatic rings. The molecule has 1 aliphatic rings. The van der Waals surface area contributed by atoms with Crippen molar-refractivity contribution in [2.45, 2.75) is 32.5 Å². The summed E-state index contributed by atoms with van der Waals surface area (Å²) >= 11 is 3.34. The molecule has 12 heavy (non-hydrogen) atoms. The fraction of sp³-hybridized carbons (Fsp3) is 0.778. The van der Waals surface area contributed by atoms with Crippen molar-refractivity contribution in [1.29, 1.82) is 0 Å². The van der Waals surface area contributed by atoms with Gasteiger partial charge in [0.1, 0.15) is 0 Å². The van der Waals surface area contributed by atoms with Crippen LogP contribution < -0.4 is 0 Å². The van der Waals surface area contributed by atoms with E-state index in [0.717, 1.165) is 17.5 Å². The van der Waals surface area contributed by atoms with Crippen molar-refractivity contribution in [3.63, 3.8) is 0 Å². The molecule has 1 heterocycles. The first kappa shape index (κ1) is 10.2. The highest BCUT2D eigenvalue weighted by Gasteiger charge is 2.12. The fourth-order valence-corrected chi connectivity index (χ4v) is 1.25. The molecule has 0 amide bonds. The third-order valence-corrected chi connectivity index (χ3v) is 2.11. The Labute approximate surface area is 82.1 Å². The maximum atomic E-state index is 5.47. The van der Waals surface area contributed by atoms with Crippen molar-refractivity contribution in [3.8, 4) is 0 Å². The number of hydrogen-bond donors (Lipinski definition) is 0. The standard InChI is InChI=1S/C9H15BrO2/c1-8(10)5-7-12-9-4-2-3-6-11-9/h5,9H,2-4,6-7H2,1H3/b8-5-. The Balaban J connectivity index is 2.09. The normalized spacial score (nSPS) is 25.8. The van der Waals surface area contributed by atoms with E-state index in [-0.39, 0.29) is 6.29 Å². The lowest BCUT2D eigenvalue weighted by atomic mass is 10.2. The van der Waals surface area contributed by atoms with Gasteiger partial charge in [-0.25, -0.2) is 0 Å². The summed E-state index contributed by atoms with van der Waals surface area (Å²) in [7, 11) is 0. The lowest BCUT2D eigenvalue weighted by Crippen LogP contribution is -2.22. The first-order valence-electron chi connectivity index (χ1n) is 4.34. The maximum absolute atomic E-state index is 5.47. The minimum atomic E-state index is 0.0295. The third-order valence-electron chi connectivity index (χ3n) is 1.78. The summed E-state index contributed by atoms with van der Waals surface area (Å²) in [5.74, 6) is 0. The second-order valence-electron chi connectivity index (χ2n) is 2.92. The fourth-order valence-electron chi connectivity index (χ4n) is 1.11. The summed E-state index contributed by atoms with van der Waals surface area (Å²) in [6.07, 6.45) is 5.46. The van der Waals surface area contributed by atoms with Crippen LogP contribution in [0.15, 0.2) is 10.6 Å². The van der Waals surface area contributed by atoms with Crippen molar-refractivity contribution in [2.75, 3.05) is 13.2 Å². The number of hydrogen-bond acceptors (Lipinski definition) is 2. The van der Waals surface area contributed by atoms with Gasteiger partial charge in [0.2, 0.25) is 0 Å². The Morgan fingerprint density at radius 3 is 3.08 bits per heavy atom. The Morgan fingerprint density at radius 1 is 1.67 bits per heavy atom. The molecule has 0 radical (unpaired) electrons. The Hall–Kier alpha value is 0.140. The molecule has 0 N–H and O–H groups in total. The summed E-state index contributed by atoms with van der Waals surface area (Å²) in [6, 6.07) is 0. The van der Waals surface area contributed by atoms with Gasteiger partial charge in [-0.3, -0.25) is 0 Å². The van der Waals surface area contributed by atoms with E-state index in [1.807, 2.05) is 13.0 Å². The van der Waals surface area contributed by atoms with Gasteiger partial charge in [-0.2, -0.15) is 0 Å². The first-order valence-corrected chi connectivity index (χ1v) is 5.14. The lowest BCUT2D eigenvalue weighted by Gasteiger charge is -2.21. The number of halogens is 1. The molecule has 70 valence electrons. The summed E-state index contributed by atoms with van der Waals surface area (Å²) < 4.78 is 12.0. The maximum Gasteiger partial charge on any atom is 0.157 e. The molecule has 0 bridgehead atoms. The van der Waals surface area contributed by atoms with Gasteiger partial charge in [-0.1, -0.05) is 15.9 Å².